The Balaban J connectivity index is 1.52. The molecule has 0 saturated carbocycles. The number of anilines is 2. The van der Waals surface area contributed by atoms with E-state index in [1.165, 1.54) is 26.0 Å². The highest BCUT2D eigenvalue weighted by atomic mass is 35.5. The molecule has 0 aromatic heterocycles. The Morgan fingerprint density at radius 1 is 0.769 bits per heavy atom. The van der Waals surface area contributed by atoms with Gasteiger partial charge in [0.1, 0.15) is 22.5 Å². The van der Waals surface area contributed by atoms with E-state index in [0.717, 1.165) is 10.5 Å². The van der Waals surface area contributed by atoms with Crippen LogP contribution in [0.3, 0.4) is 0 Å². The lowest BCUT2D eigenvalue weighted by atomic mass is 10.1. The normalized spacial score (nSPS) is 11.3. The Kier molecular flexibility index (Phi) is 9.35. The highest BCUT2D eigenvalue weighted by Crippen LogP contribution is 2.40. The van der Waals surface area contributed by atoms with Crippen LogP contribution < -0.4 is 24.8 Å². The molecule has 4 aromatic carbocycles. The zero-order valence-electron chi connectivity index (χ0n) is 21.6. The van der Waals surface area contributed by atoms with Crippen molar-refractivity contribution in [2.75, 3.05) is 32.0 Å². The van der Waals surface area contributed by atoms with E-state index in [1.54, 1.807) is 55.6 Å². The summed E-state index contributed by atoms with van der Waals surface area (Å²) < 4.78 is 15.9. The first-order chi connectivity index (χ1) is 18.9. The maximum absolute atomic E-state index is 13.5. The van der Waals surface area contributed by atoms with Gasteiger partial charge in [-0.1, -0.05) is 48.0 Å². The van der Waals surface area contributed by atoms with Gasteiger partial charge >= 0.3 is 0 Å². The van der Waals surface area contributed by atoms with Crippen molar-refractivity contribution < 1.29 is 23.8 Å². The van der Waals surface area contributed by atoms with Gasteiger partial charge in [-0.15, -0.1) is 11.8 Å². The second-order valence-electron chi connectivity index (χ2n) is 8.30. The van der Waals surface area contributed by atoms with Crippen molar-refractivity contribution in [2.24, 2.45) is 0 Å². The fourth-order valence-electron chi connectivity index (χ4n) is 3.78. The molecule has 0 aliphatic carbocycles. The summed E-state index contributed by atoms with van der Waals surface area (Å²) in [6.07, 6.45) is 0. The molecule has 4 rings (SSSR count). The number of nitrogens with one attached hydrogen (secondary N) is 2. The Morgan fingerprint density at radius 2 is 1.49 bits per heavy atom. The summed E-state index contributed by atoms with van der Waals surface area (Å²) in [5.41, 5.74) is 2.38. The number of rotatable bonds is 10. The monoisotopic (exact) mass is 562 g/mol. The number of halogens is 1. The van der Waals surface area contributed by atoms with Crippen molar-refractivity contribution in [1.29, 1.82) is 0 Å². The van der Waals surface area contributed by atoms with Crippen LogP contribution in [-0.2, 0) is 4.79 Å². The van der Waals surface area contributed by atoms with Crippen LogP contribution in [0.25, 0.3) is 0 Å². The fraction of sp³-hybridized carbons (Fsp3) is 0.133. The summed E-state index contributed by atoms with van der Waals surface area (Å²) in [6, 6.07) is 27.0. The maximum atomic E-state index is 13.5. The number of methoxy groups -OCH3 is 3. The predicted molar refractivity (Wildman–Crippen MR) is 156 cm³/mol. The van der Waals surface area contributed by atoms with Crippen molar-refractivity contribution in [1.82, 2.24) is 0 Å². The zero-order chi connectivity index (χ0) is 27.8. The number of amides is 2. The first-order valence-corrected chi connectivity index (χ1v) is 13.2. The molecule has 200 valence electrons. The first-order valence-electron chi connectivity index (χ1n) is 11.9. The number of hydrogen-bond donors (Lipinski definition) is 2. The molecule has 1 atom stereocenters. The van der Waals surface area contributed by atoms with Crippen molar-refractivity contribution in [3.63, 3.8) is 0 Å². The van der Waals surface area contributed by atoms with Crippen molar-refractivity contribution in [2.45, 2.75) is 10.1 Å². The van der Waals surface area contributed by atoms with Gasteiger partial charge in [0.25, 0.3) is 5.91 Å². The molecule has 1 unspecified atom stereocenters. The summed E-state index contributed by atoms with van der Waals surface area (Å²) in [7, 11) is 4.58. The molecule has 0 fully saturated rings. The molecule has 0 radical (unpaired) electrons. The zero-order valence-corrected chi connectivity index (χ0v) is 23.1. The van der Waals surface area contributed by atoms with Crippen LogP contribution in [0.2, 0.25) is 5.02 Å². The fourth-order valence-corrected chi connectivity index (χ4v) is 5.04. The van der Waals surface area contributed by atoms with Gasteiger partial charge in [-0.25, -0.2) is 0 Å². The first kappa shape index (κ1) is 27.9. The molecule has 0 aliphatic heterocycles. The molecule has 0 aliphatic rings. The van der Waals surface area contributed by atoms with Gasteiger partial charge in [0, 0.05) is 22.2 Å². The minimum absolute atomic E-state index is 0.247. The van der Waals surface area contributed by atoms with Crippen LogP contribution in [0, 0.1) is 0 Å². The molecule has 2 N–H and O–H groups in total. The van der Waals surface area contributed by atoms with Gasteiger partial charge in [0.05, 0.1) is 32.0 Å². The average molecular weight is 563 g/mol. The number of benzene rings is 4. The minimum Gasteiger partial charge on any atom is -0.497 e. The summed E-state index contributed by atoms with van der Waals surface area (Å²) in [6.45, 7) is 0. The quantitative estimate of drug-likeness (QED) is 0.201. The van der Waals surface area contributed by atoms with Gasteiger partial charge < -0.3 is 24.8 Å². The van der Waals surface area contributed by atoms with E-state index in [0.29, 0.717) is 39.2 Å². The molecular weight excluding hydrogens is 536 g/mol. The highest BCUT2D eigenvalue weighted by molar-refractivity contribution is 8.00. The number of thioether (sulfide) groups is 1. The number of hydrogen-bond acceptors (Lipinski definition) is 6. The molecule has 7 nitrogen and oxygen atoms in total. The Hall–Kier alpha value is -4.14. The largest absolute Gasteiger partial charge is 0.497 e. The smallest absolute Gasteiger partial charge is 0.255 e. The molecule has 2 amide bonds. The summed E-state index contributed by atoms with van der Waals surface area (Å²) in [5, 5.41) is 5.61. The molecule has 39 heavy (non-hydrogen) atoms. The lowest BCUT2D eigenvalue weighted by Crippen LogP contribution is -2.19. The third-order valence-corrected chi connectivity index (χ3v) is 7.33. The number of carbonyl (C=O) groups is 2. The lowest BCUT2D eigenvalue weighted by Gasteiger charge is -2.19. The van der Waals surface area contributed by atoms with Crippen molar-refractivity contribution in [3.05, 3.63) is 107 Å². The van der Waals surface area contributed by atoms with E-state index in [2.05, 4.69) is 10.6 Å². The van der Waals surface area contributed by atoms with Gasteiger partial charge in [0.2, 0.25) is 5.91 Å². The second kappa shape index (κ2) is 13.1. The average Bonchev–Trinajstić information content (AvgIpc) is 2.97. The SMILES string of the molecule is COc1cccc(C(=O)Nc2ccc(SC(C(=O)Nc3cc(Cl)c(OC)cc3OC)c3ccccc3)cc2)c1. The highest BCUT2D eigenvalue weighted by Gasteiger charge is 2.24. The third kappa shape index (κ3) is 7.04. The molecular formula is C30H27ClN2O5S. The molecule has 0 heterocycles. The van der Waals surface area contributed by atoms with Gasteiger partial charge in [0.15, 0.2) is 0 Å². The summed E-state index contributed by atoms with van der Waals surface area (Å²) in [4.78, 5) is 27.0. The molecule has 0 bridgehead atoms. The Morgan fingerprint density at radius 3 is 2.15 bits per heavy atom. The van der Waals surface area contributed by atoms with E-state index < -0.39 is 5.25 Å². The summed E-state index contributed by atoms with van der Waals surface area (Å²) in [5.74, 6) is 0.981. The van der Waals surface area contributed by atoms with E-state index in [9.17, 15) is 9.59 Å². The van der Waals surface area contributed by atoms with E-state index in [-0.39, 0.29) is 11.8 Å². The standard InChI is InChI=1S/C30H27ClN2O5S/c1-36-22-11-7-10-20(16-22)29(34)32-21-12-14-23(15-13-21)39-28(19-8-5-4-6-9-19)30(35)33-25-17-24(31)26(37-2)18-27(25)38-3/h4-18,28H,1-3H3,(H,32,34)(H,33,35). The van der Waals surface area contributed by atoms with Crippen molar-refractivity contribution >= 4 is 46.6 Å². The van der Waals surface area contributed by atoms with Crippen LogP contribution in [0.4, 0.5) is 11.4 Å². The maximum Gasteiger partial charge on any atom is 0.255 e. The lowest BCUT2D eigenvalue weighted by molar-refractivity contribution is -0.115. The Labute approximate surface area is 236 Å². The topological polar surface area (TPSA) is 85.9 Å². The number of ether oxygens (including phenoxy) is 3. The molecule has 0 spiro atoms. The van der Waals surface area contributed by atoms with Crippen LogP contribution in [0.5, 0.6) is 17.2 Å². The van der Waals surface area contributed by atoms with Crippen LogP contribution >= 0.6 is 23.4 Å². The Bertz CT molecular complexity index is 1450. The molecule has 9 heteroatoms. The predicted octanol–water partition coefficient (Wildman–Crippen LogP) is 7.09. The molecule has 4 aromatic rings. The second-order valence-corrected chi connectivity index (χ2v) is 9.88. The van der Waals surface area contributed by atoms with E-state index in [1.807, 2.05) is 42.5 Å². The van der Waals surface area contributed by atoms with E-state index >= 15 is 0 Å². The van der Waals surface area contributed by atoms with Crippen molar-refractivity contribution in [3.8, 4) is 17.2 Å². The van der Waals surface area contributed by atoms with Crippen LogP contribution in [0.1, 0.15) is 21.2 Å². The van der Waals surface area contributed by atoms with Crippen LogP contribution in [0.15, 0.2) is 95.9 Å². The molecule has 0 saturated heterocycles. The van der Waals surface area contributed by atoms with Gasteiger partial charge in [-0.3, -0.25) is 9.59 Å². The van der Waals surface area contributed by atoms with E-state index in [4.69, 9.17) is 25.8 Å². The van der Waals surface area contributed by atoms with Gasteiger partial charge in [-0.2, -0.15) is 0 Å². The third-order valence-electron chi connectivity index (χ3n) is 5.77. The minimum atomic E-state index is -0.575. The van der Waals surface area contributed by atoms with Crippen LogP contribution in [-0.4, -0.2) is 33.1 Å². The van der Waals surface area contributed by atoms with Gasteiger partial charge in [-0.05, 0) is 54.1 Å². The summed E-state index contributed by atoms with van der Waals surface area (Å²) >= 11 is 7.68. The number of carbonyl (C=O) groups excluding carboxylic acids is 2.